The van der Waals surface area contributed by atoms with Gasteiger partial charge in [-0.05, 0) is 48.4 Å². The second-order valence-electron chi connectivity index (χ2n) is 10.2. The molecular weight excluding hydrogens is 496 g/mol. The van der Waals surface area contributed by atoms with E-state index in [-0.39, 0.29) is 11.8 Å². The topological polar surface area (TPSA) is 62.6 Å². The van der Waals surface area contributed by atoms with Gasteiger partial charge in [-0.25, -0.2) is 0 Å². The lowest BCUT2D eigenvalue weighted by Crippen LogP contribution is -2.35. The maximum absolute atomic E-state index is 13.6. The third-order valence-electron chi connectivity index (χ3n) is 7.36. The van der Waals surface area contributed by atoms with Crippen molar-refractivity contribution in [1.29, 1.82) is 0 Å². The average Bonchev–Trinajstić information content (AvgIpc) is 3.42. The Bertz CT molecular complexity index is 1620. The standard InChI is InChI=1S/C35H30N2O3/c1-24-10-8-16-28(20-24)35(39)37-19-18-31-29(23-37)22-32(40-31)27-15-9-17-30(21-27)36-34(38)33(25-11-4-2-5-12-25)26-13-6-3-7-14-26/h2-17,20-22,33H,18-19,23H2,1H3,(H,36,38). The van der Waals surface area contributed by atoms with Crippen LogP contribution >= 0.6 is 0 Å². The van der Waals surface area contributed by atoms with Gasteiger partial charge in [-0.15, -0.1) is 0 Å². The molecule has 5 nitrogen and oxygen atoms in total. The van der Waals surface area contributed by atoms with Crippen molar-refractivity contribution >= 4 is 17.5 Å². The Kier molecular flexibility index (Phi) is 7.02. The summed E-state index contributed by atoms with van der Waals surface area (Å²) in [5.74, 6) is 1.14. The van der Waals surface area contributed by atoms with E-state index in [2.05, 4.69) is 5.32 Å². The molecule has 1 aliphatic heterocycles. The molecular formula is C35H30N2O3. The van der Waals surface area contributed by atoms with E-state index in [9.17, 15) is 9.59 Å². The number of furan rings is 1. The first-order chi connectivity index (χ1) is 19.5. The Morgan fingerprint density at radius 3 is 2.20 bits per heavy atom. The van der Waals surface area contributed by atoms with Crippen LogP contribution in [0.3, 0.4) is 0 Å². The van der Waals surface area contributed by atoms with Gasteiger partial charge in [0.2, 0.25) is 5.91 Å². The van der Waals surface area contributed by atoms with Crippen LogP contribution in [0.2, 0.25) is 0 Å². The fourth-order valence-corrected chi connectivity index (χ4v) is 5.36. The van der Waals surface area contributed by atoms with Crippen LogP contribution < -0.4 is 5.32 Å². The number of anilines is 1. The van der Waals surface area contributed by atoms with Crippen molar-refractivity contribution in [2.45, 2.75) is 25.8 Å². The van der Waals surface area contributed by atoms with Gasteiger partial charge in [0.1, 0.15) is 11.5 Å². The van der Waals surface area contributed by atoms with Gasteiger partial charge in [-0.3, -0.25) is 9.59 Å². The summed E-state index contributed by atoms with van der Waals surface area (Å²) in [6.07, 6.45) is 0.666. The Hall–Kier alpha value is -4.90. The molecule has 198 valence electrons. The van der Waals surface area contributed by atoms with Crippen molar-refractivity contribution < 1.29 is 14.0 Å². The molecule has 1 N–H and O–H groups in total. The second kappa shape index (κ2) is 11.1. The summed E-state index contributed by atoms with van der Waals surface area (Å²) in [5, 5.41) is 3.12. The molecule has 0 spiro atoms. The summed E-state index contributed by atoms with van der Waals surface area (Å²) in [7, 11) is 0. The minimum atomic E-state index is -0.432. The quantitative estimate of drug-likeness (QED) is 0.254. The molecule has 1 aliphatic rings. The third kappa shape index (κ3) is 5.32. The number of hydrogen-bond donors (Lipinski definition) is 1. The van der Waals surface area contributed by atoms with Crippen LogP contribution in [0.1, 0.15) is 44.3 Å². The Morgan fingerprint density at radius 2 is 1.50 bits per heavy atom. The molecule has 0 unspecified atom stereocenters. The first kappa shape index (κ1) is 25.4. The zero-order valence-corrected chi connectivity index (χ0v) is 22.3. The number of nitrogens with zero attached hydrogens (tertiary/aromatic N) is 1. The molecule has 0 fully saturated rings. The van der Waals surface area contributed by atoms with E-state index in [1.54, 1.807) is 0 Å². The molecule has 2 heterocycles. The van der Waals surface area contributed by atoms with Crippen LogP contribution in [-0.4, -0.2) is 23.3 Å². The van der Waals surface area contributed by atoms with E-state index in [1.165, 1.54) is 0 Å². The fourth-order valence-electron chi connectivity index (χ4n) is 5.36. The normalized spacial score (nSPS) is 12.7. The second-order valence-corrected chi connectivity index (χ2v) is 10.2. The molecule has 6 rings (SSSR count). The number of aryl methyl sites for hydroxylation is 1. The molecule has 1 aromatic heterocycles. The summed E-state index contributed by atoms with van der Waals surface area (Å²) < 4.78 is 6.24. The number of rotatable bonds is 6. The third-order valence-corrected chi connectivity index (χ3v) is 7.36. The number of hydrogen-bond acceptors (Lipinski definition) is 3. The zero-order valence-electron chi connectivity index (χ0n) is 22.3. The van der Waals surface area contributed by atoms with Crippen LogP contribution in [0, 0.1) is 6.92 Å². The fraction of sp³-hybridized carbons (Fsp3) is 0.143. The van der Waals surface area contributed by atoms with Gasteiger partial charge >= 0.3 is 0 Å². The number of nitrogens with one attached hydrogen (secondary N) is 1. The highest BCUT2D eigenvalue weighted by molar-refractivity contribution is 5.98. The Balaban J connectivity index is 1.21. The molecule has 5 heteroatoms. The molecule has 40 heavy (non-hydrogen) atoms. The molecule has 5 aromatic rings. The highest BCUT2D eigenvalue weighted by Crippen LogP contribution is 2.32. The highest BCUT2D eigenvalue weighted by atomic mass is 16.3. The van der Waals surface area contributed by atoms with Crippen molar-refractivity contribution in [3.8, 4) is 11.3 Å². The summed E-state index contributed by atoms with van der Waals surface area (Å²) in [5.41, 5.74) is 6.24. The van der Waals surface area contributed by atoms with Crippen LogP contribution in [0.5, 0.6) is 0 Å². The molecule has 0 bridgehead atoms. The van der Waals surface area contributed by atoms with Gasteiger partial charge in [0.25, 0.3) is 5.91 Å². The van der Waals surface area contributed by atoms with Crippen molar-refractivity contribution in [3.05, 3.63) is 149 Å². The van der Waals surface area contributed by atoms with Crippen LogP contribution in [0.4, 0.5) is 5.69 Å². The number of amides is 2. The molecule has 0 atom stereocenters. The first-order valence-corrected chi connectivity index (χ1v) is 13.5. The van der Waals surface area contributed by atoms with Gasteiger partial charge in [0.15, 0.2) is 0 Å². The predicted octanol–water partition coefficient (Wildman–Crippen LogP) is 7.22. The van der Waals surface area contributed by atoms with Crippen molar-refractivity contribution in [1.82, 2.24) is 4.90 Å². The summed E-state index contributed by atoms with van der Waals surface area (Å²) in [6, 6.07) is 37.1. The lowest BCUT2D eigenvalue weighted by Gasteiger charge is -2.26. The van der Waals surface area contributed by atoms with Crippen molar-refractivity contribution in [3.63, 3.8) is 0 Å². The predicted molar refractivity (Wildman–Crippen MR) is 157 cm³/mol. The largest absolute Gasteiger partial charge is 0.461 e. The zero-order chi connectivity index (χ0) is 27.5. The van der Waals surface area contributed by atoms with Crippen LogP contribution in [0.25, 0.3) is 11.3 Å². The monoisotopic (exact) mass is 526 g/mol. The summed E-state index contributed by atoms with van der Waals surface area (Å²) in [6.45, 7) is 3.12. The van der Waals surface area contributed by atoms with Crippen molar-refractivity contribution in [2.24, 2.45) is 0 Å². The smallest absolute Gasteiger partial charge is 0.254 e. The number of benzene rings is 4. The van der Waals surface area contributed by atoms with E-state index in [0.717, 1.165) is 39.3 Å². The van der Waals surface area contributed by atoms with E-state index >= 15 is 0 Å². The SMILES string of the molecule is Cc1cccc(C(=O)N2CCc3oc(-c4cccc(NC(=O)C(c5ccccc5)c5ccccc5)c4)cc3C2)c1. The molecule has 4 aromatic carbocycles. The van der Waals surface area contributed by atoms with Gasteiger partial charge in [0, 0.05) is 41.9 Å². The highest BCUT2D eigenvalue weighted by Gasteiger charge is 2.26. The average molecular weight is 527 g/mol. The maximum Gasteiger partial charge on any atom is 0.254 e. The Morgan fingerprint density at radius 1 is 0.800 bits per heavy atom. The lowest BCUT2D eigenvalue weighted by molar-refractivity contribution is -0.116. The van der Waals surface area contributed by atoms with Gasteiger partial charge in [-0.2, -0.15) is 0 Å². The summed E-state index contributed by atoms with van der Waals surface area (Å²) >= 11 is 0. The van der Waals surface area contributed by atoms with E-state index < -0.39 is 5.92 Å². The molecule has 0 saturated heterocycles. The summed E-state index contributed by atoms with van der Waals surface area (Å²) in [4.78, 5) is 28.6. The van der Waals surface area contributed by atoms with E-state index in [1.807, 2.05) is 127 Å². The number of fused-ring (bicyclic) bond motifs is 1. The van der Waals surface area contributed by atoms with Gasteiger partial charge in [0.05, 0.1) is 5.92 Å². The van der Waals surface area contributed by atoms with Gasteiger partial charge < -0.3 is 14.6 Å². The maximum atomic E-state index is 13.6. The number of carbonyl (C=O) groups is 2. The minimum Gasteiger partial charge on any atom is -0.461 e. The van der Waals surface area contributed by atoms with Gasteiger partial charge in [-0.1, -0.05) is 90.5 Å². The van der Waals surface area contributed by atoms with E-state index in [4.69, 9.17) is 4.42 Å². The number of carbonyl (C=O) groups excluding carboxylic acids is 2. The van der Waals surface area contributed by atoms with E-state index in [0.29, 0.717) is 30.8 Å². The molecule has 0 saturated carbocycles. The first-order valence-electron chi connectivity index (χ1n) is 13.5. The Labute approximate surface area is 234 Å². The molecule has 2 amide bonds. The van der Waals surface area contributed by atoms with Crippen molar-refractivity contribution in [2.75, 3.05) is 11.9 Å². The lowest BCUT2D eigenvalue weighted by atomic mass is 9.90. The molecule has 0 radical (unpaired) electrons. The van der Waals surface area contributed by atoms with Crippen LogP contribution in [-0.2, 0) is 17.8 Å². The molecule has 0 aliphatic carbocycles. The van der Waals surface area contributed by atoms with Crippen LogP contribution in [0.15, 0.2) is 120 Å². The minimum absolute atomic E-state index is 0.0354.